The van der Waals surface area contributed by atoms with Crippen LogP contribution < -0.4 is 15.6 Å². The molecule has 252 valence electrons. The van der Waals surface area contributed by atoms with E-state index in [1.54, 1.807) is 12.1 Å². The Morgan fingerprint density at radius 2 is 1.83 bits per heavy atom. The van der Waals surface area contributed by atoms with Crippen molar-refractivity contribution in [3.05, 3.63) is 105 Å². The van der Waals surface area contributed by atoms with Gasteiger partial charge in [0.15, 0.2) is 0 Å². The van der Waals surface area contributed by atoms with Gasteiger partial charge in [-0.05, 0) is 79.8 Å². The Bertz CT molecular complexity index is 1800. The third kappa shape index (κ3) is 7.91. The lowest BCUT2D eigenvalue weighted by Crippen LogP contribution is -2.55. The molecule has 2 unspecified atom stereocenters. The van der Waals surface area contributed by atoms with Crippen LogP contribution in [-0.2, 0) is 11.3 Å². The van der Waals surface area contributed by atoms with Crippen molar-refractivity contribution in [2.24, 2.45) is 0 Å². The second-order valence-corrected chi connectivity index (χ2v) is 13.0. The highest BCUT2D eigenvalue weighted by molar-refractivity contribution is 6.30. The van der Waals surface area contributed by atoms with E-state index in [1.165, 1.54) is 35.0 Å². The van der Waals surface area contributed by atoms with Crippen LogP contribution in [0.3, 0.4) is 0 Å². The van der Waals surface area contributed by atoms with E-state index >= 15 is 8.78 Å². The highest BCUT2D eigenvalue weighted by Crippen LogP contribution is 2.31. The monoisotopic (exact) mass is 677 g/mol. The molecule has 1 N–H and O–H groups in total. The molecule has 2 aliphatic heterocycles. The van der Waals surface area contributed by atoms with Crippen molar-refractivity contribution in [2.75, 3.05) is 26.3 Å². The Kier molecular flexibility index (Phi) is 10.5. The summed E-state index contributed by atoms with van der Waals surface area (Å²) in [5, 5.41) is 11.7. The van der Waals surface area contributed by atoms with Gasteiger partial charge >= 0.3 is 0 Å². The zero-order valence-corrected chi connectivity index (χ0v) is 27.6. The number of nitrogens with zero attached hydrogens (tertiary/aromatic N) is 4. The third-order valence-electron chi connectivity index (χ3n) is 8.93. The van der Waals surface area contributed by atoms with Crippen LogP contribution in [0.4, 0.5) is 8.78 Å². The van der Waals surface area contributed by atoms with E-state index in [1.807, 2.05) is 38.1 Å². The Balaban J connectivity index is 1.23. The Morgan fingerprint density at radius 3 is 2.52 bits per heavy atom. The van der Waals surface area contributed by atoms with E-state index in [9.17, 15) is 9.59 Å². The number of halogens is 3. The number of aromatic nitrogens is 3. The summed E-state index contributed by atoms with van der Waals surface area (Å²) >= 11 is 6.13. The number of piperidine rings is 1. The van der Waals surface area contributed by atoms with Gasteiger partial charge in [0.25, 0.3) is 11.5 Å². The average Bonchev–Trinajstić information content (AvgIpc) is 3.09. The molecule has 12 heteroatoms. The van der Waals surface area contributed by atoms with E-state index < -0.39 is 23.9 Å². The molecule has 0 spiro atoms. The molecule has 2 aliphatic rings. The van der Waals surface area contributed by atoms with Crippen molar-refractivity contribution < 1.29 is 23.0 Å². The second kappa shape index (κ2) is 14.9. The number of amides is 1. The Morgan fingerprint density at radius 1 is 1.06 bits per heavy atom. The number of hydrogen-bond acceptors (Lipinski definition) is 7. The molecule has 2 atom stereocenters. The van der Waals surface area contributed by atoms with Crippen molar-refractivity contribution in [1.29, 1.82) is 0 Å². The van der Waals surface area contributed by atoms with Crippen LogP contribution in [0.1, 0.15) is 60.6 Å². The lowest BCUT2D eigenvalue weighted by molar-refractivity contribution is 0.00512. The maximum absolute atomic E-state index is 15.6. The van der Waals surface area contributed by atoms with E-state index in [-0.39, 0.29) is 41.9 Å². The fourth-order valence-corrected chi connectivity index (χ4v) is 6.32. The van der Waals surface area contributed by atoms with Crippen LogP contribution in [0.15, 0.2) is 71.7 Å². The maximum atomic E-state index is 15.6. The summed E-state index contributed by atoms with van der Waals surface area (Å²) in [5.74, 6) is -0.732. The van der Waals surface area contributed by atoms with Gasteiger partial charge in [-0.2, -0.15) is 10.2 Å². The number of rotatable bonds is 9. The first-order valence-corrected chi connectivity index (χ1v) is 16.6. The van der Waals surface area contributed by atoms with Gasteiger partial charge in [0, 0.05) is 55.7 Å². The van der Waals surface area contributed by atoms with Crippen LogP contribution in [-0.4, -0.2) is 70.1 Å². The number of hydrogen-bond donors (Lipinski definition) is 1. The van der Waals surface area contributed by atoms with Crippen LogP contribution in [0.2, 0.25) is 5.02 Å². The Labute approximate surface area is 282 Å². The molecule has 2 saturated heterocycles. The van der Waals surface area contributed by atoms with Gasteiger partial charge in [-0.3, -0.25) is 14.5 Å². The van der Waals surface area contributed by atoms with E-state index in [0.717, 1.165) is 24.1 Å². The van der Waals surface area contributed by atoms with E-state index in [0.29, 0.717) is 48.2 Å². The van der Waals surface area contributed by atoms with Crippen molar-refractivity contribution in [1.82, 2.24) is 25.0 Å². The molecule has 9 nitrogen and oxygen atoms in total. The molecular formula is C36H38ClF2N5O4. The second-order valence-electron chi connectivity index (χ2n) is 12.6. The molecule has 48 heavy (non-hydrogen) atoms. The summed E-state index contributed by atoms with van der Waals surface area (Å²) in [7, 11) is 0. The zero-order valence-electron chi connectivity index (χ0n) is 26.9. The standard InChI is InChI=1S/C36H38ClF2N5O4/c1-22(2)31-8-9-32(42-41-31)23-3-6-27(7-4-23)48-34-18-28(29(38)17-24(34)19-44-20-25(37)5-10-35(44)45)36(46)40-33-11-14-43(21-30(33)39)26-12-15-47-16-13-26/h3-10,17-18,20,22,26,30,33H,11-16,19,21H2,1-2H3,(H,40,46). The average molecular weight is 678 g/mol. The summed E-state index contributed by atoms with van der Waals surface area (Å²) in [6.45, 7) is 6.18. The molecular weight excluding hydrogens is 640 g/mol. The van der Waals surface area contributed by atoms with Crippen LogP contribution in [0, 0.1) is 5.82 Å². The molecule has 2 aromatic carbocycles. The predicted molar refractivity (Wildman–Crippen MR) is 179 cm³/mol. The predicted octanol–water partition coefficient (Wildman–Crippen LogP) is 6.38. The Hall–Kier alpha value is -4.19. The molecule has 0 bridgehead atoms. The number of benzene rings is 2. The van der Waals surface area contributed by atoms with Gasteiger partial charge in [0.2, 0.25) is 0 Å². The summed E-state index contributed by atoms with van der Waals surface area (Å²) < 4.78 is 43.9. The molecule has 2 aromatic heterocycles. The summed E-state index contributed by atoms with van der Waals surface area (Å²) in [4.78, 5) is 28.1. The van der Waals surface area contributed by atoms with Gasteiger partial charge in [0.1, 0.15) is 23.5 Å². The minimum atomic E-state index is -1.30. The quantitative estimate of drug-likeness (QED) is 0.220. The lowest BCUT2D eigenvalue weighted by atomic mass is 9.98. The SMILES string of the molecule is CC(C)c1ccc(-c2ccc(Oc3cc(C(=O)NC4CCN(C5CCOCC5)CC4F)c(F)cc3Cn3cc(Cl)ccc3=O)cc2)nn1. The van der Waals surface area contributed by atoms with Gasteiger partial charge in [-0.25, -0.2) is 8.78 Å². The number of carbonyl (C=O) groups is 1. The summed E-state index contributed by atoms with van der Waals surface area (Å²) in [6, 6.07) is 15.7. The summed E-state index contributed by atoms with van der Waals surface area (Å²) in [6.07, 6.45) is 2.26. The first kappa shape index (κ1) is 33.7. The van der Waals surface area contributed by atoms with E-state index in [2.05, 4.69) is 20.4 Å². The first-order chi connectivity index (χ1) is 23.1. The number of pyridine rings is 1. The highest BCUT2D eigenvalue weighted by Gasteiger charge is 2.34. The normalized spacial score (nSPS) is 19.0. The molecule has 2 fully saturated rings. The fraction of sp³-hybridized carbons (Fsp3) is 0.389. The molecule has 0 radical (unpaired) electrons. The molecule has 0 aliphatic carbocycles. The van der Waals surface area contributed by atoms with Gasteiger partial charge in [-0.1, -0.05) is 25.4 Å². The largest absolute Gasteiger partial charge is 0.457 e. The number of carbonyl (C=O) groups excluding carboxylic acids is 1. The number of ether oxygens (including phenoxy) is 2. The molecule has 6 rings (SSSR count). The number of alkyl halides is 1. The smallest absolute Gasteiger partial charge is 0.254 e. The fourth-order valence-electron chi connectivity index (χ4n) is 6.14. The van der Waals surface area contributed by atoms with Crippen LogP contribution in [0.25, 0.3) is 11.3 Å². The van der Waals surface area contributed by atoms with Gasteiger partial charge < -0.3 is 19.4 Å². The van der Waals surface area contributed by atoms with E-state index in [4.69, 9.17) is 21.1 Å². The topological polar surface area (TPSA) is 98.6 Å². The molecule has 0 saturated carbocycles. The minimum absolute atomic E-state index is 0.0688. The van der Waals surface area contributed by atoms with Crippen molar-refractivity contribution >= 4 is 17.5 Å². The highest BCUT2D eigenvalue weighted by atomic mass is 35.5. The first-order valence-electron chi connectivity index (χ1n) is 16.2. The van der Waals surface area contributed by atoms with Crippen molar-refractivity contribution in [3.8, 4) is 22.8 Å². The van der Waals surface area contributed by atoms with Gasteiger partial charge in [0.05, 0.1) is 34.6 Å². The zero-order chi connectivity index (χ0) is 33.8. The van der Waals surface area contributed by atoms with Crippen molar-refractivity contribution in [2.45, 2.75) is 63.8 Å². The van der Waals surface area contributed by atoms with Crippen LogP contribution in [0.5, 0.6) is 11.5 Å². The summed E-state index contributed by atoms with van der Waals surface area (Å²) in [5.41, 5.74) is 2.08. The van der Waals surface area contributed by atoms with Crippen LogP contribution >= 0.6 is 11.6 Å². The maximum Gasteiger partial charge on any atom is 0.254 e. The third-order valence-corrected chi connectivity index (χ3v) is 9.16. The number of nitrogens with one attached hydrogen (secondary N) is 1. The van der Waals surface area contributed by atoms with Crippen molar-refractivity contribution in [3.63, 3.8) is 0 Å². The molecule has 4 aromatic rings. The van der Waals surface area contributed by atoms with Gasteiger partial charge in [-0.15, -0.1) is 0 Å². The number of likely N-dealkylation sites (tertiary alicyclic amines) is 1. The molecule has 1 amide bonds. The molecule has 4 heterocycles. The minimum Gasteiger partial charge on any atom is -0.457 e. The lowest BCUT2D eigenvalue weighted by Gasteiger charge is -2.41.